The van der Waals surface area contributed by atoms with Crippen molar-refractivity contribution in [3.63, 3.8) is 0 Å². The Morgan fingerprint density at radius 2 is 1.79 bits per heavy atom. The number of fused-ring (bicyclic) bond motifs is 1. The highest BCUT2D eigenvalue weighted by atomic mass is 32.2. The van der Waals surface area contributed by atoms with Gasteiger partial charge >= 0.3 is 5.97 Å². The second-order valence-corrected chi connectivity index (χ2v) is 8.52. The molecule has 9 heteroatoms. The van der Waals surface area contributed by atoms with E-state index in [1.165, 1.54) is 24.3 Å². The molecule has 0 radical (unpaired) electrons. The van der Waals surface area contributed by atoms with Crippen LogP contribution < -0.4 is 14.8 Å². The van der Waals surface area contributed by atoms with Crippen molar-refractivity contribution in [2.24, 2.45) is 0 Å². The Hall–Kier alpha value is -3.07. The lowest BCUT2D eigenvalue weighted by Crippen LogP contribution is -2.31. The molecule has 1 N–H and O–H groups in total. The van der Waals surface area contributed by atoms with E-state index in [-0.39, 0.29) is 16.5 Å². The van der Waals surface area contributed by atoms with Gasteiger partial charge < -0.3 is 19.5 Å². The van der Waals surface area contributed by atoms with E-state index in [0.29, 0.717) is 24.7 Å². The molecule has 0 aromatic heterocycles. The Morgan fingerprint density at radius 1 is 1.10 bits per heavy atom. The van der Waals surface area contributed by atoms with Gasteiger partial charge in [0.15, 0.2) is 27.9 Å². The number of rotatable bonds is 6. The van der Waals surface area contributed by atoms with Crippen LogP contribution in [-0.4, -0.2) is 46.4 Å². The number of sulfone groups is 1. The van der Waals surface area contributed by atoms with Gasteiger partial charge in [-0.1, -0.05) is 18.2 Å². The molecule has 8 nitrogen and oxygen atoms in total. The predicted molar refractivity (Wildman–Crippen MR) is 104 cm³/mol. The first-order valence-electron chi connectivity index (χ1n) is 8.91. The van der Waals surface area contributed by atoms with Gasteiger partial charge in [0.2, 0.25) is 0 Å². The normalized spacial score (nSPS) is 14.0. The van der Waals surface area contributed by atoms with Gasteiger partial charge in [-0.3, -0.25) is 4.79 Å². The number of ether oxygens (including phenoxy) is 3. The summed E-state index contributed by atoms with van der Waals surface area (Å²) < 4.78 is 39.6. The van der Waals surface area contributed by atoms with Crippen molar-refractivity contribution in [2.75, 3.05) is 26.1 Å². The van der Waals surface area contributed by atoms with Crippen LogP contribution in [0.15, 0.2) is 47.4 Å². The van der Waals surface area contributed by atoms with Crippen LogP contribution in [0.3, 0.4) is 0 Å². The molecule has 0 aliphatic carbocycles. The van der Waals surface area contributed by atoms with Crippen LogP contribution in [0.4, 0.5) is 0 Å². The van der Waals surface area contributed by atoms with Gasteiger partial charge in [-0.25, -0.2) is 13.2 Å². The van der Waals surface area contributed by atoms with E-state index < -0.39 is 28.3 Å². The average molecular weight is 419 g/mol. The first-order chi connectivity index (χ1) is 13.8. The SMILES string of the molecule is C[C@H](NC(=O)COC(=O)c1ccccc1S(C)(=O)=O)c1ccc2c(c1)OCCO2. The highest BCUT2D eigenvalue weighted by Gasteiger charge is 2.21. The fourth-order valence-electron chi connectivity index (χ4n) is 2.86. The molecule has 1 aliphatic heterocycles. The summed E-state index contributed by atoms with van der Waals surface area (Å²) in [6.07, 6.45) is 1.00. The summed E-state index contributed by atoms with van der Waals surface area (Å²) in [4.78, 5) is 24.3. The molecule has 2 aromatic carbocycles. The van der Waals surface area contributed by atoms with Crippen molar-refractivity contribution < 1.29 is 32.2 Å². The number of amides is 1. The van der Waals surface area contributed by atoms with Gasteiger partial charge in [-0.15, -0.1) is 0 Å². The summed E-state index contributed by atoms with van der Waals surface area (Å²) in [5.74, 6) is -0.138. The molecule has 1 atom stereocenters. The molecule has 3 rings (SSSR count). The lowest BCUT2D eigenvalue weighted by molar-refractivity contribution is -0.124. The third-order valence-corrected chi connectivity index (χ3v) is 5.44. The molecular formula is C20H21NO7S. The Labute approximate surface area is 168 Å². The smallest absolute Gasteiger partial charge is 0.339 e. The molecule has 0 unspecified atom stereocenters. The first-order valence-corrected chi connectivity index (χ1v) is 10.8. The van der Waals surface area contributed by atoms with Crippen LogP contribution in [-0.2, 0) is 19.4 Å². The van der Waals surface area contributed by atoms with Gasteiger partial charge in [0.05, 0.1) is 16.5 Å². The predicted octanol–water partition coefficient (Wildman–Crippen LogP) is 1.90. The third-order valence-electron chi connectivity index (χ3n) is 4.28. The van der Waals surface area contributed by atoms with Crippen LogP contribution in [0.2, 0.25) is 0 Å². The van der Waals surface area contributed by atoms with E-state index in [0.717, 1.165) is 11.8 Å². The fourth-order valence-corrected chi connectivity index (χ4v) is 3.74. The summed E-state index contributed by atoms with van der Waals surface area (Å²) in [7, 11) is -3.60. The fraction of sp³-hybridized carbons (Fsp3) is 0.300. The molecule has 1 aliphatic rings. The second-order valence-electron chi connectivity index (χ2n) is 6.54. The first kappa shape index (κ1) is 20.7. The summed E-state index contributed by atoms with van der Waals surface area (Å²) in [6, 6.07) is 10.7. The molecular weight excluding hydrogens is 398 g/mol. The van der Waals surface area contributed by atoms with E-state index in [4.69, 9.17) is 14.2 Å². The van der Waals surface area contributed by atoms with Crippen LogP contribution >= 0.6 is 0 Å². The number of hydrogen-bond acceptors (Lipinski definition) is 7. The van der Waals surface area contributed by atoms with E-state index >= 15 is 0 Å². The van der Waals surface area contributed by atoms with Gasteiger partial charge in [0, 0.05) is 6.26 Å². The second kappa shape index (κ2) is 8.52. The maximum Gasteiger partial charge on any atom is 0.339 e. The molecule has 0 saturated heterocycles. The Bertz CT molecular complexity index is 1030. The number of benzene rings is 2. The maximum atomic E-state index is 12.2. The number of hydrogen-bond donors (Lipinski definition) is 1. The number of carbonyl (C=O) groups excluding carboxylic acids is 2. The standard InChI is InChI=1S/C20H21NO7S/c1-13(14-7-8-16-17(11-14)27-10-9-26-16)21-19(22)12-28-20(23)15-5-3-4-6-18(15)29(2,24)25/h3-8,11,13H,9-10,12H2,1-2H3,(H,21,22)/t13-/m0/s1. The van der Waals surface area contributed by atoms with E-state index in [1.807, 2.05) is 6.07 Å². The summed E-state index contributed by atoms with van der Waals surface area (Å²) in [5, 5.41) is 2.72. The van der Waals surface area contributed by atoms with E-state index in [1.54, 1.807) is 19.1 Å². The van der Waals surface area contributed by atoms with Crippen molar-refractivity contribution >= 4 is 21.7 Å². The van der Waals surface area contributed by atoms with Crippen LogP contribution in [0.25, 0.3) is 0 Å². The van der Waals surface area contributed by atoms with Crippen LogP contribution in [0.1, 0.15) is 28.9 Å². The Kier molecular flexibility index (Phi) is 6.07. The minimum atomic E-state index is -3.60. The van der Waals surface area contributed by atoms with Crippen molar-refractivity contribution in [3.05, 3.63) is 53.6 Å². The van der Waals surface area contributed by atoms with Gasteiger partial charge in [-0.05, 0) is 36.8 Å². The van der Waals surface area contributed by atoms with Crippen molar-refractivity contribution in [2.45, 2.75) is 17.9 Å². The van der Waals surface area contributed by atoms with Gasteiger partial charge in [0.25, 0.3) is 5.91 Å². The summed E-state index contributed by atoms with van der Waals surface area (Å²) in [5.41, 5.74) is 0.694. The molecule has 1 amide bonds. The Balaban J connectivity index is 1.60. The zero-order valence-electron chi connectivity index (χ0n) is 16.0. The lowest BCUT2D eigenvalue weighted by atomic mass is 10.1. The Morgan fingerprint density at radius 3 is 2.52 bits per heavy atom. The minimum Gasteiger partial charge on any atom is -0.486 e. The van der Waals surface area contributed by atoms with Crippen molar-refractivity contribution in [1.82, 2.24) is 5.32 Å². The lowest BCUT2D eigenvalue weighted by Gasteiger charge is -2.21. The van der Waals surface area contributed by atoms with Crippen molar-refractivity contribution in [1.29, 1.82) is 0 Å². The molecule has 2 aromatic rings. The highest BCUT2D eigenvalue weighted by Crippen LogP contribution is 2.32. The number of nitrogens with one attached hydrogen (secondary N) is 1. The molecule has 29 heavy (non-hydrogen) atoms. The largest absolute Gasteiger partial charge is 0.486 e. The molecule has 0 spiro atoms. The topological polar surface area (TPSA) is 108 Å². The minimum absolute atomic E-state index is 0.109. The van der Waals surface area contributed by atoms with E-state index in [2.05, 4.69) is 5.32 Å². The van der Waals surface area contributed by atoms with Crippen molar-refractivity contribution in [3.8, 4) is 11.5 Å². The summed E-state index contributed by atoms with van der Waals surface area (Å²) >= 11 is 0. The average Bonchev–Trinajstić information content (AvgIpc) is 2.71. The quantitative estimate of drug-likeness (QED) is 0.713. The monoisotopic (exact) mass is 419 g/mol. The van der Waals surface area contributed by atoms with Gasteiger partial charge in [-0.2, -0.15) is 0 Å². The molecule has 154 valence electrons. The van der Waals surface area contributed by atoms with Gasteiger partial charge in [0.1, 0.15) is 13.2 Å². The highest BCUT2D eigenvalue weighted by molar-refractivity contribution is 7.90. The summed E-state index contributed by atoms with van der Waals surface area (Å²) in [6.45, 7) is 2.20. The molecule has 1 heterocycles. The molecule has 0 bridgehead atoms. The van der Waals surface area contributed by atoms with Crippen LogP contribution in [0, 0.1) is 0 Å². The molecule has 0 saturated carbocycles. The number of esters is 1. The maximum absolute atomic E-state index is 12.2. The third kappa shape index (κ3) is 5.05. The molecule has 0 fully saturated rings. The zero-order chi connectivity index (χ0) is 21.0. The zero-order valence-corrected chi connectivity index (χ0v) is 16.8. The van der Waals surface area contributed by atoms with Crippen LogP contribution in [0.5, 0.6) is 11.5 Å². The van der Waals surface area contributed by atoms with E-state index in [9.17, 15) is 18.0 Å². The number of carbonyl (C=O) groups is 2.